The number of amides is 1. The zero-order valence-electron chi connectivity index (χ0n) is 13.4. The van der Waals surface area contributed by atoms with Crippen molar-refractivity contribution in [3.63, 3.8) is 0 Å². The highest BCUT2D eigenvalue weighted by molar-refractivity contribution is 5.80. The van der Waals surface area contributed by atoms with Crippen LogP contribution in [-0.2, 0) is 22.6 Å². The van der Waals surface area contributed by atoms with E-state index in [1.807, 2.05) is 35.2 Å². The number of aliphatic hydroxyl groups excluding tert-OH is 1. The SMILES string of the molecule is COCCN1C[C@@H](Cc2nc3ccccc3cc2CO)CC1=O. The van der Waals surface area contributed by atoms with Crippen LogP contribution in [0.1, 0.15) is 17.7 Å². The number of benzene rings is 1. The lowest BCUT2D eigenvalue weighted by molar-refractivity contribution is -0.128. The Morgan fingerprint density at radius 1 is 1.39 bits per heavy atom. The zero-order chi connectivity index (χ0) is 16.2. The van der Waals surface area contributed by atoms with Crippen LogP contribution in [0.4, 0.5) is 0 Å². The highest BCUT2D eigenvalue weighted by atomic mass is 16.5. The Balaban J connectivity index is 1.77. The van der Waals surface area contributed by atoms with E-state index in [0.717, 1.165) is 35.1 Å². The molecule has 1 atom stereocenters. The van der Waals surface area contributed by atoms with Gasteiger partial charge in [0.25, 0.3) is 0 Å². The number of carbonyl (C=O) groups is 1. The summed E-state index contributed by atoms with van der Waals surface area (Å²) in [6.45, 7) is 1.92. The molecule has 1 fully saturated rings. The average Bonchev–Trinajstić information content (AvgIpc) is 2.91. The average molecular weight is 314 g/mol. The second-order valence-corrected chi connectivity index (χ2v) is 6.05. The fourth-order valence-corrected chi connectivity index (χ4v) is 3.19. The normalized spacial score (nSPS) is 18.1. The molecule has 1 aliphatic heterocycles. The lowest BCUT2D eigenvalue weighted by Gasteiger charge is -2.16. The molecule has 0 aliphatic carbocycles. The van der Waals surface area contributed by atoms with Crippen molar-refractivity contribution in [2.24, 2.45) is 5.92 Å². The van der Waals surface area contributed by atoms with Crippen LogP contribution in [0.3, 0.4) is 0 Å². The summed E-state index contributed by atoms with van der Waals surface area (Å²) in [7, 11) is 1.64. The number of carbonyl (C=O) groups excluding carboxylic acids is 1. The van der Waals surface area contributed by atoms with Gasteiger partial charge in [-0.25, -0.2) is 0 Å². The van der Waals surface area contributed by atoms with Gasteiger partial charge in [0.2, 0.25) is 5.91 Å². The van der Waals surface area contributed by atoms with Crippen LogP contribution in [0.15, 0.2) is 30.3 Å². The number of aromatic nitrogens is 1. The number of nitrogens with zero attached hydrogens (tertiary/aromatic N) is 2. The van der Waals surface area contributed by atoms with Gasteiger partial charge in [0.05, 0.1) is 18.7 Å². The number of likely N-dealkylation sites (tertiary alicyclic amines) is 1. The summed E-state index contributed by atoms with van der Waals surface area (Å²) in [5.41, 5.74) is 2.68. The molecule has 1 saturated heterocycles. The van der Waals surface area contributed by atoms with E-state index >= 15 is 0 Å². The molecule has 1 aromatic carbocycles. The van der Waals surface area contributed by atoms with Gasteiger partial charge in [-0.15, -0.1) is 0 Å². The number of fused-ring (bicyclic) bond motifs is 1. The van der Waals surface area contributed by atoms with Gasteiger partial charge in [-0.1, -0.05) is 18.2 Å². The minimum atomic E-state index is -0.0266. The Bertz CT molecular complexity index is 702. The van der Waals surface area contributed by atoms with Crippen molar-refractivity contribution in [3.8, 4) is 0 Å². The first-order valence-corrected chi connectivity index (χ1v) is 7.96. The maximum absolute atomic E-state index is 12.0. The van der Waals surface area contributed by atoms with E-state index in [0.29, 0.717) is 19.6 Å². The summed E-state index contributed by atoms with van der Waals surface area (Å²) >= 11 is 0. The third kappa shape index (κ3) is 3.51. The van der Waals surface area contributed by atoms with Crippen LogP contribution in [0.5, 0.6) is 0 Å². The summed E-state index contributed by atoms with van der Waals surface area (Å²) in [6, 6.07) is 9.90. The molecular formula is C18H22N2O3. The molecule has 5 nitrogen and oxygen atoms in total. The molecule has 0 saturated carbocycles. The van der Waals surface area contributed by atoms with Gasteiger partial charge in [-0.2, -0.15) is 0 Å². The van der Waals surface area contributed by atoms with Crippen molar-refractivity contribution >= 4 is 16.8 Å². The zero-order valence-corrected chi connectivity index (χ0v) is 13.4. The first-order valence-electron chi connectivity index (χ1n) is 7.96. The Morgan fingerprint density at radius 2 is 2.22 bits per heavy atom. The first-order chi connectivity index (χ1) is 11.2. The second kappa shape index (κ2) is 7.06. The molecule has 1 aromatic heterocycles. The first kappa shape index (κ1) is 15.9. The fourth-order valence-electron chi connectivity index (χ4n) is 3.19. The lowest BCUT2D eigenvalue weighted by Crippen LogP contribution is -2.29. The van der Waals surface area contributed by atoms with Crippen LogP contribution in [0.2, 0.25) is 0 Å². The van der Waals surface area contributed by atoms with Crippen molar-refractivity contribution in [1.29, 1.82) is 0 Å². The van der Waals surface area contributed by atoms with E-state index in [1.165, 1.54) is 0 Å². The minimum absolute atomic E-state index is 0.0266. The molecule has 2 aromatic rings. The third-order valence-corrected chi connectivity index (χ3v) is 4.40. The second-order valence-electron chi connectivity index (χ2n) is 6.05. The number of methoxy groups -OCH3 is 1. The maximum atomic E-state index is 12.0. The van der Waals surface area contributed by atoms with Crippen molar-refractivity contribution in [2.45, 2.75) is 19.4 Å². The van der Waals surface area contributed by atoms with Gasteiger partial charge in [0.15, 0.2) is 0 Å². The summed E-state index contributed by atoms with van der Waals surface area (Å²) in [5.74, 6) is 0.428. The Kier molecular flexibility index (Phi) is 4.88. The Hall–Kier alpha value is -1.98. The van der Waals surface area contributed by atoms with Gasteiger partial charge in [0, 0.05) is 37.7 Å². The molecule has 122 valence electrons. The lowest BCUT2D eigenvalue weighted by atomic mass is 9.98. The van der Waals surface area contributed by atoms with Crippen molar-refractivity contribution in [2.75, 3.05) is 26.8 Å². The van der Waals surface area contributed by atoms with Crippen LogP contribution in [0.25, 0.3) is 10.9 Å². The molecule has 0 radical (unpaired) electrons. The van der Waals surface area contributed by atoms with Crippen LogP contribution in [-0.4, -0.2) is 47.7 Å². The fraction of sp³-hybridized carbons (Fsp3) is 0.444. The van der Waals surface area contributed by atoms with Gasteiger partial charge < -0.3 is 14.7 Å². The van der Waals surface area contributed by atoms with E-state index in [9.17, 15) is 9.90 Å². The highest BCUT2D eigenvalue weighted by Crippen LogP contribution is 2.25. The standard InChI is InChI=1S/C18H22N2O3/c1-23-7-6-20-11-13(9-18(20)22)8-17-15(12-21)10-14-4-2-3-5-16(14)19-17/h2-5,10,13,21H,6-9,11-12H2,1H3/t13-/m0/s1. The quantitative estimate of drug-likeness (QED) is 0.882. The number of rotatable bonds is 6. The molecule has 1 amide bonds. The maximum Gasteiger partial charge on any atom is 0.223 e. The number of aliphatic hydroxyl groups is 1. The number of para-hydroxylation sites is 1. The molecular weight excluding hydrogens is 292 g/mol. The van der Waals surface area contributed by atoms with Gasteiger partial charge >= 0.3 is 0 Å². The molecule has 0 bridgehead atoms. The number of ether oxygens (including phenoxy) is 1. The highest BCUT2D eigenvalue weighted by Gasteiger charge is 2.30. The monoisotopic (exact) mass is 314 g/mol. The summed E-state index contributed by atoms with van der Waals surface area (Å²) in [4.78, 5) is 18.6. The van der Waals surface area contributed by atoms with Crippen LogP contribution < -0.4 is 0 Å². The topological polar surface area (TPSA) is 62.7 Å². The number of hydrogen-bond donors (Lipinski definition) is 1. The van der Waals surface area contributed by atoms with Gasteiger partial charge in [-0.05, 0) is 30.0 Å². The summed E-state index contributed by atoms with van der Waals surface area (Å²) in [5, 5.41) is 10.7. The van der Waals surface area contributed by atoms with E-state index in [4.69, 9.17) is 9.72 Å². The predicted octanol–water partition coefficient (Wildman–Crippen LogP) is 1.76. The molecule has 1 aliphatic rings. The smallest absolute Gasteiger partial charge is 0.223 e. The molecule has 0 unspecified atom stereocenters. The van der Waals surface area contributed by atoms with Crippen molar-refractivity contribution in [3.05, 3.63) is 41.6 Å². The van der Waals surface area contributed by atoms with Crippen LogP contribution in [0, 0.1) is 5.92 Å². The van der Waals surface area contributed by atoms with E-state index in [2.05, 4.69) is 0 Å². The van der Waals surface area contributed by atoms with E-state index in [1.54, 1.807) is 7.11 Å². The summed E-state index contributed by atoms with van der Waals surface area (Å²) < 4.78 is 5.05. The van der Waals surface area contributed by atoms with Crippen molar-refractivity contribution < 1.29 is 14.6 Å². The van der Waals surface area contributed by atoms with E-state index in [-0.39, 0.29) is 18.4 Å². The molecule has 1 N–H and O–H groups in total. The predicted molar refractivity (Wildman–Crippen MR) is 87.9 cm³/mol. The molecule has 0 spiro atoms. The van der Waals surface area contributed by atoms with E-state index < -0.39 is 0 Å². The van der Waals surface area contributed by atoms with Crippen molar-refractivity contribution in [1.82, 2.24) is 9.88 Å². The minimum Gasteiger partial charge on any atom is -0.392 e. The van der Waals surface area contributed by atoms with Crippen LogP contribution >= 0.6 is 0 Å². The van der Waals surface area contributed by atoms with Gasteiger partial charge in [-0.3, -0.25) is 9.78 Å². The molecule has 3 rings (SSSR count). The summed E-state index contributed by atoms with van der Waals surface area (Å²) in [6.07, 6.45) is 1.26. The Morgan fingerprint density at radius 3 is 3.00 bits per heavy atom. The largest absolute Gasteiger partial charge is 0.392 e. The molecule has 5 heteroatoms. The number of hydrogen-bond acceptors (Lipinski definition) is 4. The third-order valence-electron chi connectivity index (χ3n) is 4.40. The molecule has 2 heterocycles. The Labute approximate surface area is 135 Å². The van der Waals surface area contributed by atoms with Gasteiger partial charge in [0.1, 0.15) is 0 Å². The number of pyridine rings is 1. The molecule has 23 heavy (non-hydrogen) atoms.